The molecular formula is C12H14N2O2. The molecule has 0 radical (unpaired) electrons. The number of hydrogen-bond donors (Lipinski definition) is 1. The van der Waals surface area contributed by atoms with Gasteiger partial charge in [0.25, 0.3) is 0 Å². The van der Waals surface area contributed by atoms with Crippen molar-refractivity contribution in [3.05, 3.63) is 24.0 Å². The number of nitrogens with zero attached hydrogens (tertiary/aromatic N) is 2. The Morgan fingerprint density at radius 2 is 2.12 bits per heavy atom. The van der Waals surface area contributed by atoms with E-state index in [0.29, 0.717) is 5.41 Å². The summed E-state index contributed by atoms with van der Waals surface area (Å²) in [5, 5.41) is 8.88. The Morgan fingerprint density at radius 3 is 2.69 bits per heavy atom. The molecule has 1 saturated carbocycles. The van der Waals surface area contributed by atoms with Gasteiger partial charge >= 0.3 is 5.97 Å². The average molecular weight is 218 g/mol. The maximum atomic E-state index is 10.8. The molecular weight excluding hydrogens is 204 g/mol. The molecule has 4 nitrogen and oxygen atoms in total. The van der Waals surface area contributed by atoms with Gasteiger partial charge in [-0.3, -0.25) is 4.98 Å². The number of anilines is 1. The summed E-state index contributed by atoms with van der Waals surface area (Å²) in [4.78, 5) is 17.0. The van der Waals surface area contributed by atoms with E-state index in [1.54, 1.807) is 12.3 Å². The van der Waals surface area contributed by atoms with E-state index in [2.05, 4.69) is 9.88 Å². The minimum Gasteiger partial charge on any atom is -0.478 e. The summed E-state index contributed by atoms with van der Waals surface area (Å²) >= 11 is 0. The number of carboxylic acids is 1. The monoisotopic (exact) mass is 218 g/mol. The van der Waals surface area contributed by atoms with Crippen molar-refractivity contribution in [2.75, 3.05) is 18.0 Å². The maximum absolute atomic E-state index is 10.8. The van der Waals surface area contributed by atoms with Gasteiger partial charge in [-0.1, -0.05) is 6.42 Å². The SMILES string of the molecule is O=C(O)c1cncc(N2CC3(CCC3)C2)c1. The molecule has 2 aliphatic rings. The van der Waals surface area contributed by atoms with Crippen molar-refractivity contribution in [1.29, 1.82) is 0 Å². The van der Waals surface area contributed by atoms with E-state index in [9.17, 15) is 4.79 Å². The zero-order valence-corrected chi connectivity index (χ0v) is 9.02. The standard InChI is InChI=1S/C12H14N2O2/c15-11(16)9-4-10(6-13-5-9)14-7-12(8-14)2-1-3-12/h4-6H,1-3,7-8H2,(H,15,16). The van der Waals surface area contributed by atoms with Crippen molar-refractivity contribution < 1.29 is 9.90 Å². The highest BCUT2D eigenvalue weighted by molar-refractivity contribution is 5.88. The van der Waals surface area contributed by atoms with E-state index >= 15 is 0 Å². The predicted molar refractivity (Wildman–Crippen MR) is 59.7 cm³/mol. The first-order chi connectivity index (χ1) is 7.69. The Hall–Kier alpha value is -1.58. The van der Waals surface area contributed by atoms with Crippen molar-refractivity contribution in [3.8, 4) is 0 Å². The van der Waals surface area contributed by atoms with Crippen LogP contribution in [0.1, 0.15) is 29.6 Å². The van der Waals surface area contributed by atoms with Crippen LogP contribution in [-0.2, 0) is 0 Å². The fraction of sp³-hybridized carbons (Fsp3) is 0.500. The summed E-state index contributed by atoms with van der Waals surface area (Å²) < 4.78 is 0. The summed E-state index contributed by atoms with van der Waals surface area (Å²) in [5.41, 5.74) is 1.77. The third kappa shape index (κ3) is 1.37. The number of rotatable bonds is 2. The van der Waals surface area contributed by atoms with Crippen LogP contribution in [0.2, 0.25) is 0 Å². The summed E-state index contributed by atoms with van der Waals surface area (Å²) in [7, 11) is 0. The largest absolute Gasteiger partial charge is 0.478 e. The van der Waals surface area contributed by atoms with Gasteiger partial charge < -0.3 is 10.0 Å². The first-order valence-corrected chi connectivity index (χ1v) is 5.62. The van der Waals surface area contributed by atoms with Crippen LogP contribution in [0.25, 0.3) is 0 Å². The summed E-state index contributed by atoms with van der Waals surface area (Å²) in [6.07, 6.45) is 7.15. The molecule has 84 valence electrons. The van der Waals surface area contributed by atoms with Gasteiger partial charge in [0.05, 0.1) is 17.4 Å². The summed E-state index contributed by atoms with van der Waals surface area (Å²) in [6.45, 7) is 2.13. The lowest BCUT2D eigenvalue weighted by molar-refractivity contribution is 0.0696. The molecule has 1 N–H and O–H groups in total. The smallest absolute Gasteiger partial charge is 0.337 e. The van der Waals surface area contributed by atoms with Gasteiger partial charge in [-0.05, 0) is 18.9 Å². The van der Waals surface area contributed by atoms with Crippen LogP contribution in [0.15, 0.2) is 18.5 Å². The van der Waals surface area contributed by atoms with Crippen LogP contribution in [0, 0.1) is 5.41 Å². The Labute approximate surface area is 93.9 Å². The molecule has 1 aromatic heterocycles. The summed E-state index contributed by atoms with van der Waals surface area (Å²) in [6, 6.07) is 1.71. The van der Waals surface area contributed by atoms with E-state index < -0.39 is 5.97 Å². The van der Waals surface area contributed by atoms with Crippen molar-refractivity contribution in [2.45, 2.75) is 19.3 Å². The van der Waals surface area contributed by atoms with E-state index in [-0.39, 0.29) is 5.56 Å². The number of aromatic carboxylic acids is 1. The van der Waals surface area contributed by atoms with E-state index in [1.165, 1.54) is 25.5 Å². The van der Waals surface area contributed by atoms with Gasteiger partial charge in [-0.25, -0.2) is 4.79 Å². The molecule has 0 bridgehead atoms. The normalized spacial score (nSPS) is 21.4. The molecule has 0 amide bonds. The van der Waals surface area contributed by atoms with Crippen LogP contribution in [0.5, 0.6) is 0 Å². The first-order valence-electron chi connectivity index (χ1n) is 5.62. The van der Waals surface area contributed by atoms with Crippen LogP contribution in [-0.4, -0.2) is 29.1 Å². The molecule has 3 rings (SSSR count). The van der Waals surface area contributed by atoms with Crippen molar-refractivity contribution in [1.82, 2.24) is 4.98 Å². The Morgan fingerprint density at radius 1 is 1.38 bits per heavy atom. The number of hydrogen-bond acceptors (Lipinski definition) is 3. The molecule has 1 aliphatic heterocycles. The quantitative estimate of drug-likeness (QED) is 0.822. The molecule has 1 saturated heterocycles. The number of aromatic nitrogens is 1. The van der Waals surface area contributed by atoms with Crippen LogP contribution in [0.3, 0.4) is 0 Å². The molecule has 0 aromatic carbocycles. The number of carbonyl (C=O) groups is 1. The Balaban J connectivity index is 1.75. The molecule has 1 aromatic rings. The minimum absolute atomic E-state index is 0.270. The fourth-order valence-corrected chi connectivity index (χ4v) is 2.66. The van der Waals surface area contributed by atoms with Gasteiger partial charge in [0, 0.05) is 24.7 Å². The Kier molecular flexibility index (Phi) is 1.93. The van der Waals surface area contributed by atoms with Gasteiger partial charge in [0.1, 0.15) is 0 Å². The zero-order valence-electron chi connectivity index (χ0n) is 9.02. The van der Waals surface area contributed by atoms with Crippen LogP contribution in [0.4, 0.5) is 5.69 Å². The van der Waals surface area contributed by atoms with Gasteiger partial charge in [0.2, 0.25) is 0 Å². The predicted octanol–water partition coefficient (Wildman–Crippen LogP) is 1.77. The Bertz CT molecular complexity index is 432. The molecule has 0 unspecified atom stereocenters. The second-order valence-electron chi connectivity index (χ2n) is 4.95. The molecule has 4 heteroatoms. The van der Waals surface area contributed by atoms with E-state index in [0.717, 1.165) is 18.8 Å². The lowest BCUT2D eigenvalue weighted by atomic mass is 9.63. The lowest BCUT2D eigenvalue weighted by Crippen LogP contribution is -2.59. The highest BCUT2D eigenvalue weighted by atomic mass is 16.4. The lowest BCUT2D eigenvalue weighted by Gasteiger charge is -2.56. The molecule has 1 aliphatic carbocycles. The zero-order chi connectivity index (χ0) is 11.2. The van der Waals surface area contributed by atoms with Gasteiger partial charge in [-0.2, -0.15) is 0 Å². The topological polar surface area (TPSA) is 53.4 Å². The second kappa shape index (κ2) is 3.20. The van der Waals surface area contributed by atoms with Crippen LogP contribution < -0.4 is 4.90 Å². The minimum atomic E-state index is -0.909. The third-order valence-electron chi connectivity index (χ3n) is 3.80. The molecule has 0 atom stereocenters. The van der Waals surface area contributed by atoms with E-state index in [4.69, 9.17) is 5.11 Å². The molecule has 1 spiro atoms. The summed E-state index contributed by atoms with van der Waals surface area (Å²) in [5.74, 6) is -0.909. The highest BCUT2D eigenvalue weighted by Gasteiger charge is 2.47. The molecule has 16 heavy (non-hydrogen) atoms. The highest BCUT2D eigenvalue weighted by Crippen LogP contribution is 2.49. The molecule has 2 heterocycles. The second-order valence-corrected chi connectivity index (χ2v) is 4.95. The average Bonchev–Trinajstić information content (AvgIpc) is 2.14. The van der Waals surface area contributed by atoms with Crippen molar-refractivity contribution in [2.24, 2.45) is 5.41 Å². The van der Waals surface area contributed by atoms with Gasteiger partial charge in [0.15, 0.2) is 0 Å². The maximum Gasteiger partial charge on any atom is 0.337 e. The van der Waals surface area contributed by atoms with Crippen molar-refractivity contribution >= 4 is 11.7 Å². The van der Waals surface area contributed by atoms with Gasteiger partial charge in [-0.15, -0.1) is 0 Å². The number of carboxylic acid groups (broad SMARTS) is 1. The fourth-order valence-electron chi connectivity index (χ4n) is 2.66. The van der Waals surface area contributed by atoms with E-state index in [1.807, 2.05) is 0 Å². The number of pyridine rings is 1. The third-order valence-corrected chi connectivity index (χ3v) is 3.80. The first kappa shape index (κ1) is 9.63. The molecule has 2 fully saturated rings. The van der Waals surface area contributed by atoms with Crippen molar-refractivity contribution in [3.63, 3.8) is 0 Å². The van der Waals surface area contributed by atoms with Crippen LogP contribution >= 0.6 is 0 Å².